The number of nitrogens with two attached hydrogens (primary N) is 1. The van der Waals surface area contributed by atoms with Gasteiger partial charge < -0.3 is 10.8 Å². The molecule has 0 bridgehead atoms. The third-order valence-corrected chi connectivity index (χ3v) is 4.02. The molecule has 0 heterocycles. The van der Waals surface area contributed by atoms with Gasteiger partial charge in [0.05, 0.1) is 6.10 Å². The second-order valence-electron chi connectivity index (χ2n) is 4.62. The Labute approximate surface area is 112 Å². The van der Waals surface area contributed by atoms with E-state index in [4.69, 9.17) is 5.73 Å². The van der Waals surface area contributed by atoms with Crippen molar-refractivity contribution >= 4 is 15.9 Å². The number of hydrogen-bond donors (Lipinski definition) is 2. The van der Waals surface area contributed by atoms with Crippen LogP contribution in [0.3, 0.4) is 0 Å². The van der Waals surface area contributed by atoms with Gasteiger partial charge in [0.25, 0.3) is 0 Å². The highest BCUT2D eigenvalue weighted by atomic mass is 79.9. The van der Waals surface area contributed by atoms with Crippen LogP contribution in [0, 0.1) is 5.92 Å². The molecule has 3 N–H and O–H groups in total. The minimum absolute atomic E-state index is 0.00660. The molecule has 17 heavy (non-hydrogen) atoms. The summed E-state index contributed by atoms with van der Waals surface area (Å²) in [5, 5.41) is 10.4. The van der Waals surface area contributed by atoms with Gasteiger partial charge >= 0.3 is 0 Å². The first-order valence-electron chi connectivity index (χ1n) is 6.24. The summed E-state index contributed by atoms with van der Waals surface area (Å²) in [5.41, 5.74) is 6.93. The summed E-state index contributed by atoms with van der Waals surface area (Å²) in [6.45, 7) is 4.70. The fourth-order valence-corrected chi connectivity index (χ4v) is 2.83. The summed E-state index contributed by atoms with van der Waals surface area (Å²) in [6.07, 6.45) is 1.74. The van der Waals surface area contributed by atoms with E-state index in [0.717, 1.165) is 22.9 Å². The quantitative estimate of drug-likeness (QED) is 0.847. The lowest BCUT2D eigenvalue weighted by molar-refractivity contribution is 0.0856. The first-order chi connectivity index (χ1) is 8.11. The molecule has 0 aliphatic carbocycles. The zero-order valence-electron chi connectivity index (χ0n) is 10.6. The lowest BCUT2D eigenvalue weighted by atomic mass is 9.85. The van der Waals surface area contributed by atoms with Crippen LogP contribution in [-0.4, -0.2) is 17.8 Å². The molecule has 0 aromatic heterocycles. The van der Waals surface area contributed by atoms with E-state index in [1.54, 1.807) is 0 Å². The van der Waals surface area contributed by atoms with Crippen molar-refractivity contribution in [1.82, 2.24) is 0 Å². The Balaban J connectivity index is 2.88. The number of aliphatic hydroxyl groups excluding tert-OH is 1. The van der Waals surface area contributed by atoms with E-state index >= 15 is 0 Å². The Bertz CT molecular complexity index is 343. The average molecular weight is 300 g/mol. The van der Waals surface area contributed by atoms with E-state index in [9.17, 15) is 5.11 Å². The zero-order valence-corrected chi connectivity index (χ0v) is 12.2. The third-order valence-electron chi connectivity index (χ3n) is 3.30. The summed E-state index contributed by atoms with van der Waals surface area (Å²) < 4.78 is 1.03. The van der Waals surface area contributed by atoms with Crippen molar-refractivity contribution in [2.75, 3.05) is 6.54 Å². The summed E-state index contributed by atoms with van der Waals surface area (Å²) >= 11 is 3.53. The van der Waals surface area contributed by atoms with Crippen molar-refractivity contribution in [2.45, 2.75) is 38.7 Å². The van der Waals surface area contributed by atoms with Crippen molar-refractivity contribution < 1.29 is 5.11 Å². The van der Waals surface area contributed by atoms with Crippen molar-refractivity contribution in [3.63, 3.8) is 0 Å². The fourth-order valence-electron chi connectivity index (χ4n) is 2.25. The topological polar surface area (TPSA) is 46.2 Å². The zero-order chi connectivity index (χ0) is 12.8. The summed E-state index contributed by atoms with van der Waals surface area (Å²) in [7, 11) is 0. The largest absolute Gasteiger partial charge is 0.392 e. The van der Waals surface area contributed by atoms with E-state index in [2.05, 4.69) is 29.8 Å². The maximum atomic E-state index is 10.4. The van der Waals surface area contributed by atoms with Crippen LogP contribution in [0.1, 0.15) is 38.2 Å². The average Bonchev–Trinajstić information content (AvgIpc) is 2.32. The van der Waals surface area contributed by atoms with Crippen LogP contribution in [0.25, 0.3) is 0 Å². The Kier molecular flexibility index (Phi) is 6.17. The Morgan fingerprint density at radius 1 is 1.35 bits per heavy atom. The molecule has 3 atom stereocenters. The lowest BCUT2D eigenvalue weighted by Crippen LogP contribution is -2.31. The van der Waals surface area contributed by atoms with Gasteiger partial charge in [-0.1, -0.05) is 54.4 Å². The molecule has 0 amide bonds. The van der Waals surface area contributed by atoms with Gasteiger partial charge in [0, 0.05) is 16.9 Å². The maximum absolute atomic E-state index is 10.4. The van der Waals surface area contributed by atoms with E-state index in [1.165, 1.54) is 0 Å². The van der Waals surface area contributed by atoms with Crippen LogP contribution in [0.4, 0.5) is 0 Å². The van der Waals surface area contributed by atoms with Crippen molar-refractivity contribution in [1.29, 1.82) is 0 Å². The summed E-state index contributed by atoms with van der Waals surface area (Å²) in [6, 6.07) is 7.99. The van der Waals surface area contributed by atoms with Gasteiger partial charge in [-0.05, 0) is 24.0 Å². The van der Waals surface area contributed by atoms with Gasteiger partial charge in [0.1, 0.15) is 0 Å². The predicted molar refractivity (Wildman–Crippen MR) is 76.0 cm³/mol. The van der Waals surface area contributed by atoms with Crippen molar-refractivity contribution in [2.24, 2.45) is 11.7 Å². The molecule has 0 aliphatic rings. The van der Waals surface area contributed by atoms with Crippen LogP contribution < -0.4 is 5.73 Å². The smallest absolute Gasteiger partial charge is 0.0646 e. The molecule has 96 valence electrons. The molecule has 3 unspecified atom stereocenters. The maximum Gasteiger partial charge on any atom is 0.0646 e. The third kappa shape index (κ3) is 3.80. The molecule has 2 nitrogen and oxygen atoms in total. The van der Waals surface area contributed by atoms with E-state index in [0.29, 0.717) is 6.54 Å². The first kappa shape index (κ1) is 14.7. The van der Waals surface area contributed by atoms with Crippen LogP contribution in [0.2, 0.25) is 0 Å². The van der Waals surface area contributed by atoms with Crippen molar-refractivity contribution in [3.05, 3.63) is 34.3 Å². The molecule has 1 aromatic carbocycles. The monoisotopic (exact) mass is 299 g/mol. The van der Waals surface area contributed by atoms with E-state index in [-0.39, 0.29) is 17.9 Å². The molecule has 1 aromatic rings. The number of halogens is 1. The molecule has 1 rings (SSSR count). The molecule has 0 aliphatic heterocycles. The summed E-state index contributed by atoms with van der Waals surface area (Å²) in [5.74, 6) is 0.285. The minimum atomic E-state index is -0.376. The molecular weight excluding hydrogens is 278 g/mol. The van der Waals surface area contributed by atoms with E-state index < -0.39 is 0 Å². The van der Waals surface area contributed by atoms with Crippen LogP contribution in [0.15, 0.2) is 28.7 Å². The second kappa shape index (κ2) is 7.14. The standard InChI is InChI=1S/C14H22BrNO/c1-3-6-10(2)14(17)12(9-16)11-7-4-5-8-13(11)15/h4-5,7-8,10,12,14,17H,3,6,9,16H2,1-2H3. The second-order valence-corrected chi connectivity index (χ2v) is 5.47. The SMILES string of the molecule is CCCC(C)C(O)C(CN)c1ccccc1Br. The fraction of sp³-hybridized carbons (Fsp3) is 0.571. The lowest BCUT2D eigenvalue weighted by Gasteiger charge is -2.27. The number of benzene rings is 1. The van der Waals surface area contributed by atoms with Crippen LogP contribution >= 0.6 is 15.9 Å². The highest BCUT2D eigenvalue weighted by Gasteiger charge is 2.25. The minimum Gasteiger partial charge on any atom is -0.392 e. The van der Waals surface area contributed by atoms with Gasteiger partial charge in [0.2, 0.25) is 0 Å². The Morgan fingerprint density at radius 2 is 2.00 bits per heavy atom. The molecular formula is C14H22BrNO. The number of rotatable bonds is 6. The number of hydrogen-bond acceptors (Lipinski definition) is 2. The molecule has 0 spiro atoms. The molecule has 3 heteroatoms. The van der Waals surface area contributed by atoms with Gasteiger partial charge in [-0.2, -0.15) is 0 Å². The van der Waals surface area contributed by atoms with Gasteiger partial charge in [-0.25, -0.2) is 0 Å². The van der Waals surface area contributed by atoms with Gasteiger partial charge in [-0.3, -0.25) is 0 Å². The highest BCUT2D eigenvalue weighted by Crippen LogP contribution is 2.30. The summed E-state index contributed by atoms with van der Waals surface area (Å²) in [4.78, 5) is 0. The molecule has 0 saturated heterocycles. The number of aliphatic hydroxyl groups is 1. The Hall–Kier alpha value is -0.380. The van der Waals surface area contributed by atoms with Crippen LogP contribution in [-0.2, 0) is 0 Å². The van der Waals surface area contributed by atoms with Crippen molar-refractivity contribution in [3.8, 4) is 0 Å². The first-order valence-corrected chi connectivity index (χ1v) is 7.03. The van der Waals surface area contributed by atoms with E-state index in [1.807, 2.05) is 24.3 Å². The predicted octanol–water partition coefficient (Wildman–Crippen LogP) is 3.29. The highest BCUT2D eigenvalue weighted by molar-refractivity contribution is 9.10. The van der Waals surface area contributed by atoms with Gasteiger partial charge in [-0.15, -0.1) is 0 Å². The normalized spacial score (nSPS) is 16.5. The molecule has 0 radical (unpaired) electrons. The molecule has 0 fully saturated rings. The Morgan fingerprint density at radius 3 is 2.53 bits per heavy atom. The van der Waals surface area contributed by atoms with Gasteiger partial charge in [0.15, 0.2) is 0 Å². The molecule has 0 saturated carbocycles. The van der Waals surface area contributed by atoms with Crippen LogP contribution in [0.5, 0.6) is 0 Å².